The van der Waals surface area contributed by atoms with Crippen LogP contribution in [0.3, 0.4) is 0 Å². The van der Waals surface area contributed by atoms with Gasteiger partial charge in [-0.3, -0.25) is 4.90 Å². The summed E-state index contributed by atoms with van der Waals surface area (Å²) >= 11 is 6.51. The highest BCUT2D eigenvalue weighted by Crippen LogP contribution is 2.39. The predicted molar refractivity (Wildman–Crippen MR) is 120 cm³/mol. The molecule has 0 saturated carbocycles. The minimum atomic E-state index is -0.682. The number of aliphatic hydroxyl groups is 1. The van der Waals surface area contributed by atoms with Crippen LogP contribution in [0.2, 0.25) is 5.02 Å². The fourth-order valence-electron chi connectivity index (χ4n) is 5.10. The molecule has 2 saturated heterocycles. The van der Waals surface area contributed by atoms with Crippen LogP contribution in [0.1, 0.15) is 69.2 Å². The molecule has 172 valence electrons. The van der Waals surface area contributed by atoms with Crippen LogP contribution in [0.5, 0.6) is 0 Å². The molecular formula is C24H35ClN2O4. The summed E-state index contributed by atoms with van der Waals surface area (Å²) in [5.41, 5.74) is 2.45. The second-order valence-electron chi connectivity index (χ2n) is 10.3. The molecule has 0 bridgehead atoms. The zero-order valence-corrected chi connectivity index (χ0v) is 19.7. The number of amides is 1. The second kappa shape index (κ2) is 8.89. The van der Waals surface area contributed by atoms with Crippen LogP contribution in [0.4, 0.5) is 4.79 Å². The van der Waals surface area contributed by atoms with Gasteiger partial charge in [0.1, 0.15) is 5.60 Å². The van der Waals surface area contributed by atoms with Crippen LogP contribution in [-0.2, 0) is 22.4 Å². The maximum atomic E-state index is 12.9. The number of benzene rings is 1. The summed E-state index contributed by atoms with van der Waals surface area (Å²) in [5, 5.41) is 11.7. The van der Waals surface area contributed by atoms with Crippen LogP contribution < -0.4 is 0 Å². The van der Waals surface area contributed by atoms with E-state index in [1.165, 1.54) is 11.1 Å². The van der Waals surface area contributed by atoms with Gasteiger partial charge in [0.05, 0.1) is 11.6 Å². The Morgan fingerprint density at radius 3 is 2.74 bits per heavy atom. The lowest BCUT2D eigenvalue weighted by atomic mass is 9.88. The Labute approximate surface area is 190 Å². The van der Waals surface area contributed by atoms with Gasteiger partial charge in [0.2, 0.25) is 0 Å². The molecule has 1 aromatic rings. The first kappa shape index (κ1) is 22.8. The van der Waals surface area contributed by atoms with Crippen molar-refractivity contribution in [1.29, 1.82) is 0 Å². The number of hydrogen-bond donors (Lipinski definition) is 1. The van der Waals surface area contributed by atoms with Gasteiger partial charge in [0.15, 0.2) is 0 Å². The summed E-state index contributed by atoms with van der Waals surface area (Å²) in [7, 11) is 0. The fraction of sp³-hybridized carbons (Fsp3) is 0.708. The van der Waals surface area contributed by atoms with Crippen molar-refractivity contribution in [3.8, 4) is 0 Å². The van der Waals surface area contributed by atoms with Crippen molar-refractivity contribution < 1.29 is 19.4 Å². The van der Waals surface area contributed by atoms with E-state index < -0.39 is 11.2 Å². The number of ether oxygens (including phenoxy) is 2. The van der Waals surface area contributed by atoms with E-state index in [-0.39, 0.29) is 12.1 Å². The molecule has 4 rings (SSSR count). The minimum absolute atomic E-state index is 0.0200. The Morgan fingerprint density at radius 1 is 1.29 bits per heavy atom. The average molecular weight is 451 g/mol. The van der Waals surface area contributed by atoms with Gasteiger partial charge in [-0.05, 0) is 68.9 Å². The number of carbonyl (C=O) groups excluding carboxylic acids is 1. The first-order valence-electron chi connectivity index (χ1n) is 11.5. The molecule has 1 unspecified atom stereocenters. The lowest BCUT2D eigenvalue weighted by Crippen LogP contribution is -2.48. The van der Waals surface area contributed by atoms with Gasteiger partial charge in [-0.15, -0.1) is 0 Å². The highest BCUT2D eigenvalue weighted by molar-refractivity contribution is 6.30. The van der Waals surface area contributed by atoms with Gasteiger partial charge in [0, 0.05) is 57.3 Å². The summed E-state index contributed by atoms with van der Waals surface area (Å²) < 4.78 is 11.1. The molecule has 1 N–H and O–H groups in total. The molecule has 3 heterocycles. The third kappa shape index (κ3) is 5.36. The zero-order chi connectivity index (χ0) is 22.2. The van der Waals surface area contributed by atoms with E-state index in [1.807, 2.05) is 31.7 Å². The predicted octanol–water partition coefficient (Wildman–Crippen LogP) is 4.31. The largest absolute Gasteiger partial charge is 0.444 e. The highest BCUT2D eigenvalue weighted by Gasteiger charge is 2.37. The molecule has 0 spiro atoms. The number of fused-ring (bicyclic) bond motifs is 1. The van der Waals surface area contributed by atoms with E-state index in [2.05, 4.69) is 11.0 Å². The van der Waals surface area contributed by atoms with Crippen molar-refractivity contribution in [2.75, 3.05) is 32.8 Å². The summed E-state index contributed by atoms with van der Waals surface area (Å²) in [6.45, 7) is 9.95. The Balaban J connectivity index is 1.57. The number of rotatable bonds is 3. The summed E-state index contributed by atoms with van der Waals surface area (Å²) in [6, 6.07) is 4.07. The molecule has 0 aromatic heterocycles. The minimum Gasteiger partial charge on any atom is -0.444 e. The number of halogens is 1. The quantitative estimate of drug-likeness (QED) is 0.743. The SMILES string of the molecule is CC(C)(C)OC(=O)N1CCCC1c1cc(Cl)cc2c1CN(CC1(O)CCOCC1)CC2. The van der Waals surface area contributed by atoms with Gasteiger partial charge in [-0.2, -0.15) is 0 Å². The smallest absolute Gasteiger partial charge is 0.410 e. The Morgan fingerprint density at radius 2 is 2.03 bits per heavy atom. The lowest BCUT2D eigenvalue weighted by Gasteiger charge is -2.40. The van der Waals surface area contributed by atoms with Crippen molar-refractivity contribution >= 4 is 17.7 Å². The fourth-order valence-corrected chi connectivity index (χ4v) is 5.35. The van der Waals surface area contributed by atoms with Crippen LogP contribution >= 0.6 is 11.6 Å². The van der Waals surface area contributed by atoms with E-state index >= 15 is 0 Å². The summed E-state index contributed by atoms with van der Waals surface area (Å²) in [6.07, 6.45) is 3.86. The van der Waals surface area contributed by atoms with Crippen LogP contribution in [-0.4, -0.2) is 65.0 Å². The Bertz CT molecular complexity index is 817. The molecule has 2 fully saturated rings. The Kier molecular flexibility index (Phi) is 6.55. The van der Waals surface area contributed by atoms with Gasteiger partial charge in [-0.1, -0.05) is 11.6 Å². The molecular weight excluding hydrogens is 416 g/mol. The van der Waals surface area contributed by atoms with Crippen molar-refractivity contribution in [1.82, 2.24) is 9.80 Å². The molecule has 7 heteroatoms. The monoisotopic (exact) mass is 450 g/mol. The molecule has 0 aliphatic carbocycles. The summed E-state index contributed by atoms with van der Waals surface area (Å²) in [5.74, 6) is 0. The lowest BCUT2D eigenvalue weighted by molar-refractivity contribution is -0.0815. The number of likely N-dealkylation sites (tertiary alicyclic amines) is 1. The normalized spacial score (nSPS) is 24.2. The van der Waals surface area contributed by atoms with Crippen LogP contribution in [0.15, 0.2) is 12.1 Å². The van der Waals surface area contributed by atoms with Crippen molar-refractivity contribution in [3.05, 3.63) is 33.8 Å². The van der Waals surface area contributed by atoms with Gasteiger partial charge in [0.25, 0.3) is 0 Å². The van der Waals surface area contributed by atoms with Crippen molar-refractivity contribution in [2.24, 2.45) is 0 Å². The van der Waals surface area contributed by atoms with Crippen molar-refractivity contribution in [3.63, 3.8) is 0 Å². The number of carbonyl (C=O) groups is 1. The van der Waals surface area contributed by atoms with E-state index in [0.717, 1.165) is 42.9 Å². The van der Waals surface area contributed by atoms with Gasteiger partial charge >= 0.3 is 6.09 Å². The molecule has 0 radical (unpaired) electrons. The van der Waals surface area contributed by atoms with Gasteiger partial charge in [-0.25, -0.2) is 4.79 Å². The van der Waals surface area contributed by atoms with Crippen LogP contribution in [0.25, 0.3) is 0 Å². The third-order valence-electron chi connectivity index (χ3n) is 6.60. The third-order valence-corrected chi connectivity index (χ3v) is 6.82. The van der Waals surface area contributed by atoms with E-state index in [1.54, 1.807) is 0 Å². The molecule has 1 aromatic carbocycles. The second-order valence-corrected chi connectivity index (χ2v) is 10.7. The van der Waals surface area contributed by atoms with Crippen molar-refractivity contribution in [2.45, 2.75) is 76.7 Å². The topological polar surface area (TPSA) is 62.2 Å². The number of β-amino-alcohol motifs (C(OH)–C–C–N with tert-alkyl or cyclic N) is 1. The molecule has 31 heavy (non-hydrogen) atoms. The molecule has 3 aliphatic heterocycles. The maximum Gasteiger partial charge on any atom is 0.410 e. The van der Waals surface area contributed by atoms with E-state index in [9.17, 15) is 9.90 Å². The molecule has 3 aliphatic rings. The average Bonchev–Trinajstić information content (AvgIpc) is 3.16. The van der Waals surface area contributed by atoms with Crippen LogP contribution in [0, 0.1) is 0 Å². The maximum absolute atomic E-state index is 12.9. The first-order chi connectivity index (χ1) is 14.6. The van der Waals surface area contributed by atoms with E-state index in [0.29, 0.717) is 39.1 Å². The zero-order valence-electron chi connectivity index (χ0n) is 19.0. The standard InChI is InChI=1S/C24H35ClN2O4/c1-23(2,3)31-22(28)27-9-4-5-21(27)19-14-18(25)13-17-6-10-26(15-20(17)19)16-24(29)7-11-30-12-8-24/h13-14,21,29H,4-12,15-16H2,1-3H3. The highest BCUT2D eigenvalue weighted by atomic mass is 35.5. The number of nitrogens with zero attached hydrogens (tertiary/aromatic N) is 2. The summed E-state index contributed by atoms with van der Waals surface area (Å²) in [4.78, 5) is 17.1. The van der Waals surface area contributed by atoms with E-state index in [4.69, 9.17) is 21.1 Å². The molecule has 6 nitrogen and oxygen atoms in total. The molecule has 1 amide bonds. The van der Waals surface area contributed by atoms with Gasteiger partial charge < -0.3 is 19.5 Å². The number of hydrogen-bond acceptors (Lipinski definition) is 5. The Hall–Kier alpha value is -1.34. The molecule has 1 atom stereocenters. The first-order valence-corrected chi connectivity index (χ1v) is 11.8.